The van der Waals surface area contributed by atoms with Crippen molar-refractivity contribution in [2.75, 3.05) is 6.61 Å². The molecule has 0 saturated heterocycles. The Morgan fingerprint density at radius 2 is 2.15 bits per heavy atom. The Hall–Kier alpha value is -1.33. The van der Waals surface area contributed by atoms with Gasteiger partial charge < -0.3 is 9.29 Å². The second kappa shape index (κ2) is 7.45. The van der Waals surface area contributed by atoms with Crippen LogP contribution >= 0.6 is 0 Å². The summed E-state index contributed by atoms with van der Waals surface area (Å²) in [5.41, 5.74) is 0.847. The second-order valence-electron chi connectivity index (χ2n) is 5.22. The molecule has 1 unspecified atom stereocenters. The van der Waals surface area contributed by atoms with Crippen molar-refractivity contribution in [3.05, 3.63) is 42.2 Å². The Labute approximate surface area is 122 Å². The highest BCUT2D eigenvalue weighted by Gasteiger charge is 2.25. The molecule has 3 nitrogen and oxygen atoms in total. The molecule has 1 aromatic rings. The summed E-state index contributed by atoms with van der Waals surface area (Å²) in [5, 5.41) is 0. The third-order valence-electron chi connectivity index (χ3n) is 2.37. The molecule has 1 rings (SSSR count). The standard InChI is InChI=1S/C15H20FNO2S/c1-5-10-19-14-11-12(6-7-13(14)16)8-9-17-20(18)15(2,3)4/h5-7,9,11H,1,8,10H2,2-4H3. The quantitative estimate of drug-likeness (QED) is 0.458. The monoisotopic (exact) mass is 297 g/mol. The first-order valence-corrected chi connectivity index (χ1v) is 7.42. The van der Waals surface area contributed by atoms with E-state index in [-0.39, 0.29) is 17.1 Å². The molecule has 5 heteroatoms. The molecule has 0 N–H and O–H groups in total. The zero-order valence-electron chi connectivity index (χ0n) is 12.1. The summed E-state index contributed by atoms with van der Waals surface area (Å²) < 4.78 is 34.0. The van der Waals surface area contributed by atoms with Crippen LogP contribution in [0.5, 0.6) is 5.75 Å². The molecule has 0 heterocycles. The van der Waals surface area contributed by atoms with Crippen molar-refractivity contribution in [1.29, 1.82) is 0 Å². The van der Waals surface area contributed by atoms with Crippen LogP contribution in [-0.4, -0.2) is 22.1 Å². The fourth-order valence-electron chi connectivity index (χ4n) is 1.30. The van der Waals surface area contributed by atoms with Gasteiger partial charge in [0.2, 0.25) is 0 Å². The second-order valence-corrected chi connectivity index (χ2v) is 7.15. The summed E-state index contributed by atoms with van der Waals surface area (Å²) in [7, 11) is 0. The first-order valence-electron chi connectivity index (χ1n) is 6.31. The van der Waals surface area contributed by atoms with Crippen LogP contribution < -0.4 is 4.74 Å². The minimum Gasteiger partial charge on any atom is -0.591 e. The molecule has 0 saturated carbocycles. The van der Waals surface area contributed by atoms with E-state index in [4.69, 9.17) is 4.74 Å². The van der Waals surface area contributed by atoms with Gasteiger partial charge in [-0.3, -0.25) is 0 Å². The maximum Gasteiger partial charge on any atom is 0.165 e. The largest absolute Gasteiger partial charge is 0.591 e. The third-order valence-corrected chi connectivity index (χ3v) is 3.76. The minimum atomic E-state index is -1.27. The van der Waals surface area contributed by atoms with E-state index >= 15 is 0 Å². The normalized spacial score (nSPS) is 13.4. The molecule has 0 amide bonds. The van der Waals surface area contributed by atoms with Gasteiger partial charge in [0.1, 0.15) is 22.7 Å². The highest BCUT2D eigenvalue weighted by atomic mass is 32.2. The Kier molecular flexibility index (Phi) is 6.23. The van der Waals surface area contributed by atoms with Gasteiger partial charge in [-0.2, -0.15) is 0 Å². The van der Waals surface area contributed by atoms with Crippen molar-refractivity contribution >= 4 is 17.6 Å². The van der Waals surface area contributed by atoms with Gasteiger partial charge in [0, 0.05) is 6.42 Å². The van der Waals surface area contributed by atoms with Crippen molar-refractivity contribution in [2.24, 2.45) is 4.40 Å². The Balaban J connectivity index is 2.69. The van der Waals surface area contributed by atoms with E-state index in [1.54, 1.807) is 24.4 Å². The summed E-state index contributed by atoms with van der Waals surface area (Å²) in [6.07, 6.45) is 3.62. The molecule has 110 valence electrons. The molecule has 0 spiro atoms. The fourth-order valence-corrected chi connectivity index (χ4v) is 1.83. The van der Waals surface area contributed by atoms with Crippen LogP contribution in [0.4, 0.5) is 4.39 Å². The van der Waals surface area contributed by atoms with Gasteiger partial charge >= 0.3 is 0 Å². The van der Waals surface area contributed by atoms with E-state index in [1.165, 1.54) is 6.07 Å². The lowest BCUT2D eigenvalue weighted by Crippen LogP contribution is -2.25. The third kappa shape index (κ3) is 5.35. The lowest BCUT2D eigenvalue weighted by atomic mass is 10.1. The molecular formula is C15H20FNO2S. The van der Waals surface area contributed by atoms with Crippen molar-refractivity contribution in [3.63, 3.8) is 0 Å². The van der Waals surface area contributed by atoms with E-state index in [1.807, 2.05) is 20.8 Å². The number of halogens is 1. The number of rotatable bonds is 6. The Bertz CT molecular complexity index is 483. The first kappa shape index (κ1) is 16.7. The molecule has 0 aromatic heterocycles. The van der Waals surface area contributed by atoms with Gasteiger partial charge in [0.25, 0.3) is 0 Å². The zero-order valence-corrected chi connectivity index (χ0v) is 12.9. The highest BCUT2D eigenvalue weighted by Crippen LogP contribution is 2.20. The number of nitrogens with zero attached hydrogens (tertiary/aromatic N) is 1. The maximum atomic E-state index is 13.5. The van der Waals surface area contributed by atoms with Crippen LogP contribution in [0.25, 0.3) is 0 Å². The Morgan fingerprint density at radius 1 is 1.45 bits per heavy atom. The van der Waals surface area contributed by atoms with Gasteiger partial charge in [0.15, 0.2) is 11.6 Å². The van der Waals surface area contributed by atoms with Gasteiger partial charge in [-0.15, -0.1) is 0 Å². The summed E-state index contributed by atoms with van der Waals surface area (Å²) in [6, 6.07) is 4.62. The van der Waals surface area contributed by atoms with Crippen LogP contribution in [-0.2, 0) is 17.8 Å². The van der Waals surface area contributed by atoms with Crippen molar-refractivity contribution in [1.82, 2.24) is 0 Å². The molecule has 0 aliphatic heterocycles. The molecule has 0 aliphatic rings. The molecular weight excluding hydrogens is 277 g/mol. The lowest BCUT2D eigenvalue weighted by Gasteiger charge is -2.17. The summed E-state index contributed by atoms with van der Waals surface area (Å²) in [4.78, 5) is 0. The Morgan fingerprint density at radius 3 is 2.75 bits per heavy atom. The minimum absolute atomic E-state index is 0.188. The van der Waals surface area contributed by atoms with Crippen LogP contribution in [0, 0.1) is 5.82 Å². The molecule has 0 aliphatic carbocycles. The van der Waals surface area contributed by atoms with Crippen LogP contribution in [0.1, 0.15) is 26.3 Å². The summed E-state index contributed by atoms with van der Waals surface area (Å²) >= 11 is -1.27. The zero-order chi connectivity index (χ0) is 15.2. The average molecular weight is 297 g/mol. The SMILES string of the molecule is C=CCOc1cc(CC=N[S+]([O-])C(C)(C)C)ccc1F. The number of ether oxygens (including phenoxy) is 1. The van der Waals surface area contributed by atoms with E-state index in [2.05, 4.69) is 11.0 Å². The molecule has 0 radical (unpaired) electrons. The maximum absolute atomic E-state index is 13.5. The number of benzene rings is 1. The van der Waals surface area contributed by atoms with Gasteiger partial charge in [-0.25, -0.2) is 4.39 Å². The number of hydrogen-bond acceptors (Lipinski definition) is 3. The average Bonchev–Trinajstić information content (AvgIpc) is 2.37. The first-order chi connectivity index (χ1) is 9.34. The van der Waals surface area contributed by atoms with E-state index in [0.717, 1.165) is 5.56 Å². The van der Waals surface area contributed by atoms with Gasteiger partial charge in [-0.1, -0.05) is 23.1 Å². The topological polar surface area (TPSA) is 44.6 Å². The fraction of sp³-hybridized carbons (Fsp3) is 0.400. The summed E-state index contributed by atoms with van der Waals surface area (Å²) in [5.74, 6) is -0.224. The van der Waals surface area contributed by atoms with Crippen molar-refractivity contribution < 1.29 is 13.7 Å². The molecule has 1 atom stereocenters. The molecule has 0 fully saturated rings. The molecule has 20 heavy (non-hydrogen) atoms. The molecule has 0 bridgehead atoms. The highest BCUT2D eigenvalue weighted by molar-refractivity contribution is 7.91. The van der Waals surface area contributed by atoms with Crippen LogP contribution in [0.3, 0.4) is 0 Å². The van der Waals surface area contributed by atoms with E-state index in [0.29, 0.717) is 6.42 Å². The summed E-state index contributed by atoms with van der Waals surface area (Å²) in [6.45, 7) is 9.35. The predicted octanol–water partition coefficient (Wildman–Crippen LogP) is 3.47. The predicted molar refractivity (Wildman–Crippen MR) is 82.2 cm³/mol. The van der Waals surface area contributed by atoms with Gasteiger partial charge in [0.05, 0.1) is 6.21 Å². The lowest BCUT2D eigenvalue weighted by molar-refractivity contribution is 0.341. The van der Waals surface area contributed by atoms with Crippen molar-refractivity contribution in [2.45, 2.75) is 31.9 Å². The van der Waals surface area contributed by atoms with Crippen LogP contribution in [0.2, 0.25) is 0 Å². The molecule has 1 aromatic carbocycles. The smallest absolute Gasteiger partial charge is 0.165 e. The van der Waals surface area contributed by atoms with E-state index in [9.17, 15) is 8.94 Å². The van der Waals surface area contributed by atoms with Crippen molar-refractivity contribution in [3.8, 4) is 5.75 Å². The van der Waals surface area contributed by atoms with E-state index < -0.39 is 17.2 Å². The number of hydrogen-bond donors (Lipinski definition) is 0. The van der Waals surface area contributed by atoms with Crippen LogP contribution in [0.15, 0.2) is 35.3 Å². The van der Waals surface area contributed by atoms with Gasteiger partial charge in [-0.05, 0) is 38.5 Å².